The summed E-state index contributed by atoms with van der Waals surface area (Å²) in [6.07, 6.45) is 5.88. The second-order valence-corrected chi connectivity index (χ2v) is 4.90. The van der Waals surface area contributed by atoms with Crippen molar-refractivity contribution in [2.45, 2.75) is 20.0 Å². The Hall–Kier alpha value is -1.84. The first-order chi connectivity index (χ1) is 10.7. The van der Waals surface area contributed by atoms with Crippen LogP contribution in [0.2, 0.25) is 0 Å². The predicted octanol–water partition coefficient (Wildman–Crippen LogP) is 1.46. The van der Waals surface area contributed by atoms with E-state index in [1.54, 1.807) is 6.08 Å². The van der Waals surface area contributed by atoms with E-state index in [0.29, 0.717) is 13.1 Å². The number of aliphatic imine (C=N–C) groups is 1. The lowest BCUT2D eigenvalue weighted by Crippen LogP contribution is -2.39. The first-order valence-electron chi connectivity index (χ1n) is 7.29. The SMILES string of the molecule is C=CCNC(=NCc1nnc(C)n1C)NCCn1cccc1.I. The van der Waals surface area contributed by atoms with Crippen LogP contribution < -0.4 is 10.6 Å². The van der Waals surface area contributed by atoms with E-state index < -0.39 is 0 Å². The van der Waals surface area contributed by atoms with Gasteiger partial charge in [0.15, 0.2) is 11.8 Å². The van der Waals surface area contributed by atoms with Crippen molar-refractivity contribution in [1.29, 1.82) is 0 Å². The number of halogens is 1. The number of rotatable bonds is 7. The Kier molecular flexibility index (Phi) is 8.38. The standard InChI is InChI=1S/C15H23N7.HI/c1-4-7-16-15(17-8-11-22-9-5-6-10-22)18-12-14-20-19-13(2)21(14)3;/h4-6,9-10H,1,7-8,11-12H2,2-3H3,(H2,16,17,18);1H. The second kappa shape index (κ2) is 10.0. The van der Waals surface area contributed by atoms with Gasteiger partial charge in [-0.3, -0.25) is 0 Å². The third kappa shape index (κ3) is 6.05. The molecule has 0 amide bonds. The molecule has 0 unspecified atom stereocenters. The van der Waals surface area contributed by atoms with Gasteiger partial charge in [0.2, 0.25) is 0 Å². The average molecular weight is 429 g/mol. The fraction of sp³-hybridized carbons (Fsp3) is 0.400. The van der Waals surface area contributed by atoms with Gasteiger partial charge in [-0.05, 0) is 19.1 Å². The topological polar surface area (TPSA) is 72.1 Å². The van der Waals surface area contributed by atoms with E-state index in [9.17, 15) is 0 Å². The summed E-state index contributed by atoms with van der Waals surface area (Å²) in [4.78, 5) is 4.54. The molecule has 0 aliphatic carbocycles. The molecule has 2 heterocycles. The van der Waals surface area contributed by atoms with Gasteiger partial charge in [0.05, 0.1) is 0 Å². The monoisotopic (exact) mass is 429 g/mol. The van der Waals surface area contributed by atoms with Crippen LogP contribution in [0.3, 0.4) is 0 Å². The van der Waals surface area contributed by atoms with Crippen LogP contribution >= 0.6 is 24.0 Å². The molecule has 126 valence electrons. The van der Waals surface area contributed by atoms with E-state index in [1.807, 2.05) is 43.1 Å². The maximum absolute atomic E-state index is 4.54. The van der Waals surface area contributed by atoms with Gasteiger partial charge in [-0.2, -0.15) is 0 Å². The molecule has 0 atom stereocenters. The van der Waals surface area contributed by atoms with Crippen molar-refractivity contribution in [2.75, 3.05) is 13.1 Å². The first kappa shape index (κ1) is 19.2. The molecule has 23 heavy (non-hydrogen) atoms. The Bertz CT molecular complexity index is 616. The van der Waals surface area contributed by atoms with Crippen molar-refractivity contribution in [3.63, 3.8) is 0 Å². The Balaban J connectivity index is 0.00000264. The van der Waals surface area contributed by atoms with Crippen LogP contribution in [0.1, 0.15) is 11.6 Å². The molecule has 0 spiro atoms. The molecular weight excluding hydrogens is 405 g/mol. The van der Waals surface area contributed by atoms with E-state index in [1.165, 1.54) is 0 Å². The normalized spacial score (nSPS) is 11.0. The molecule has 0 bridgehead atoms. The molecule has 0 saturated heterocycles. The fourth-order valence-corrected chi connectivity index (χ4v) is 1.90. The highest BCUT2D eigenvalue weighted by molar-refractivity contribution is 14.0. The van der Waals surface area contributed by atoms with Crippen LogP contribution in [0.15, 0.2) is 42.2 Å². The Morgan fingerprint density at radius 3 is 2.65 bits per heavy atom. The van der Waals surface area contributed by atoms with Crippen LogP contribution in [0.4, 0.5) is 0 Å². The second-order valence-electron chi connectivity index (χ2n) is 4.90. The zero-order valence-corrected chi connectivity index (χ0v) is 15.9. The highest BCUT2D eigenvalue weighted by Gasteiger charge is 2.04. The van der Waals surface area contributed by atoms with Gasteiger partial charge in [0, 0.05) is 39.1 Å². The summed E-state index contributed by atoms with van der Waals surface area (Å²) in [6, 6.07) is 4.03. The summed E-state index contributed by atoms with van der Waals surface area (Å²) in [5.41, 5.74) is 0. The lowest BCUT2D eigenvalue weighted by Gasteiger charge is -2.11. The number of aromatic nitrogens is 4. The Labute approximate surface area is 153 Å². The highest BCUT2D eigenvalue weighted by atomic mass is 127. The molecule has 0 aromatic carbocycles. The van der Waals surface area contributed by atoms with E-state index in [0.717, 1.165) is 30.7 Å². The zero-order valence-electron chi connectivity index (χ0n) is 13.6. The number of nitrogens with one attached hydrogen (secondary N) is 2. The van der Waals surface area contributed by atoms with E-state index in [-0.39, 0.29) is 24.0 Å². The van der Waals surface area contributed by atoms with E-state index in [2.05, 4.69) is 37.0 Å². The highest BCUT2D eigenvalue weighted by Crippen LogP contribution is 1.99. The molecule has 0 saturated carbocycles. The molecule has 2 aromatic heterocycles. The van der Waals surface area contributed by atoms with Crippen LogP contribution in [0.5, 0.6) is 0 Å². The Morgan fingerprint density at radius 1 is 1.30 bits per heavy atom. The van der Waals surface area contributed by atoms with Crippen molar-refractivity contribution in [3.8, 4) is 0 Å². The predicted molar refractivity (Wildman–Crippen MR) is 103 cm³/mol. The summed E-state index contributed by atoms with van der Waals surface area (Å²) >= 11 is 0. The summed E-state index contributed by atoms with van der Waals surface area (Å²) in [5.74, 6) is 2.46. The number of nitrogens with zero attached hydrogens (tertiary/aromatic N) is 5. The summed E-state index contributed by atoms with van der Waals surface area (Å²) in [7, 11) is 1.94. The van der Waals surface area contributed by atoms with E-state index in [4.69, 9.17) is 0 Å². The molecule has 0 aliphatic heterocycles. The lowest BCUT2D eigenvalue weighted by atomic mass is 10.5. The van der Waals surface area contributed by atoms with Gasteiger partial charge >= 0.3 is 0 Å². The third-order valence-corrected chi connectivity index (χ3v) is 3.30. The third-order valence-electron chi connectivity index (χ3n) is 3.30. The number of hydrogen-bond acceptors (Lipinski definition) is 3. The summed E-state index contributed by atoms with van der Waals surface area (Å²) in [6.45, 7) is 8.44. The molecule has 7 nitrogen and oxygen atoms in total. The first-order valence-corrected chi connectivity index (χ1v) is 7.29. The molecule has 2 aromatic rings. The summed E-state index contributed by atoms with van der Waals surface area (Å²) in [5, 5.41) is 14.7. The minimum absolute atomic E-state index is 0. The number of guanidine groups is 1. The Morgan fingerprint density at radius 2 is 2.04 bits per heavy atom. The lowest BCUT2D eigenvalue weighted by molar-refractivity contribution is 0.665. The van der Waals surface area contributed by atoms with Gasteiger partial charge in [0.1, 0.15) is 12.4 Å². The number of aryl methyl sites for hydroxylation is 1. The van der Waals surface area contributed by atoms with Crippen molar-refractivity contribution in [3.05, 3.63) is 48.8 Å². The fourth-order valence-electron chi connectivity index (χ4n) is 1.90. The van der Waals surface area contributed by atoms with Gasteiger partial charge in [-0.25, -0.2) is 4.99 Å². The minimum Gasteiger partial charge on any atom is -0.355 e. The van der Waals surface area contributed by atoms with Crippen LogP contribution in [0, 0.1) is 6.92 Å². The molecule has 0 aliphatic rings. The van der Waals surface area contributed by atoms with Crippen LogP contribution in [-0.4, -0.2) is 38.4 Å². The quantitative estimate of drug-likeness (QED) is 0.303. The average Bonchev–Trinajstić information content (AvgIpc) is 3.14. The maximum Gasteiger partial charge on any atom is 0.192 e. The summed E-state index contributed by atoms with van der Waals surface area (Å²) < 4.78 is 4.05. The molecule has 2 N–H and O–H groups in total. The van der Waals surface area contributed by atoms with Crippen molar-refractivity contribution < 1.29 is 0 Å². The zero-order chi connectivity index (χ0) is 15.8. The molecule has 8 heteroatoms. The van der Waals surface area contributed by atoms with Gasteiger partial charge in [-0.15, -0.1) is 40.8 Å². The largest absolute Gasteiger partial charge is 0.355 e. The maximum atomic E-state index is 4.54. The van der Waals surface area contributed by atoms with Gasteiger partial charge in [-0.1, -0.05) is 6.08 Å². The molecule has 2 rings (SSSR count). The molecular formula is C15H24IN7. The van der Waals surface area contributed by atoms with Gasteiger partial charge in [0.25, 0.3) is 0 Å². The van der Waals surface area contributed by atoms with E-state index >= 15 is 0 Å². The number of hydrogen-bond donors (Lipinski definition) is 2. The molecule has 0 fully saturated rings. The van der Waals surface area contributed by atoms with Crippen molar-refractivity contribution >= 4 is 29.9 Å². The van der Waals surface area contributed by atoms with Crippen LogP contribution in [-0.2, 0) is 20.1 Å². The van der Waals surface area contributed by atoms with Crippen molar-refractivity contribution in [2.24, 2.45) is 12.0 Å². The van der Waals surface area contributed by atoms with Crippen LogP contribution in [0.25, 0.3) is 0 Å². The van der Waals surface area contributed by atoms with Crippen molar-refractivity contribution in [1.82, 2.24) is 30.0 Å². The minimum atomic E-state index is 0. The smallest absolute Gasteiger partial charge is 0.192 e. The van der Waals surface area contributed by atoms with Gasteiger partial charge < -0.3 is 19.8 Å². The molecule has 0 radical (unpaired) electrons.